The highest BCUT2D eigenvalue weighted by atomic mass is 32.2. The number of aliphatic hydroxyl groups is 1. The largest absolute Gasteiger partial charge is 0.506 e. The Morgan fingerprint density at radius 2 is 1.75 bits per heavy atom. The molecule has 0 spiro atoms. The third kappa shape index (κ3) is 10.3. The number of pyridine rings is 1. The number of benzene rings is 4. The number of phenols is 1. The average Bonchev–Trinajstić information content (AvgIpc) is 3.27. The molecule has 2 fully saturated rings. The number of anilines is 1. The van der Waals surface area contributed by atoms with E-state index in [1.54, 1.807) is 54.6 Å². The average molecular weight is 850 g/mol. The highest BCUT2D eigenvalue weighted by molar-refractivity contribution is 7.91. The number of phenolic OH excluding ortho intramolecular Hbond substituents is 1. The predicted molar refractivity (Wildman–Crippen MR) is 236 cm³/mol. The number of aromatic hydroxyl groups is 1. The van der Waals surface area contributed by atoms with Crippen LogP contribution in [-0.2, 0) is 21.2 Å². The van der Waals surface area contributed by atoms with E-state index in [2.05, 4.69) is 39.3 Å². The Balaban J connectivity index is 0.900. The monoisotopic (exact) mass is 849 g/mol. The van der Waals surface area contributed by atoms with E-state index in [9.17, 15) is 28.2 Å². The molecule has 0 unspecified atom stereocenters. The number of H-pyrrole nitrogens is 1. The number of ether oxygens (including phenoxy) is 2. The van der Waals surface area contributed by atoms with Crippen molar-refractivity contribution in [3.8, 4) is 17.2 Å². The molecular formula is C47H55N5O8S. The van der Waals surface area contributed by atoms with Gasteiger partial charge in [0.1, 0.15) is 17.2 Å². The number of carbonyl (C=O) groups is 1. The third-order valence-electron chi connectivity index (χ3n) is 12.0. The van der Waals surface area contributed by atoms with E-state index < -0.39 is 21.8 Å². The number of aliphatic hydroxyl groups excluding tert-OH is 1. The van der Waals surface area contributed by atoms with Crippen LogP contribution in [-0.4, -0.2) is 84.7 Å². The predicted octanol–water partition coefficient (Wildman–Crippen LogP) is 6.83. The van der Waals surface area contributed by atoms with Crippen LogP contribution in [0.15, 0.2) is 118 Å². The fourth-order valence-electron chi connectivity index (χ4n) is 8.62. The molecule has 1 aromatic heterocycles. The molecule has 5 N–H and O–H groups in total. The first-order valence-corrected chi connectivity index (χ1v) is 22.4. The zero-order chi connectivity index (χ0) is 43.1. The van der Waals surface area contributed by atoms with Crippen LogP contribution < -0.4 is 25.7 Å². The van der Waals surface area contributed by atoms with Crippen LogP contribution in [0.2, 0.25) is 0 Å². The molecular weight excluding hydrogens is 795 g/mol. The number of methoxy groups -OCH3 is 1. The smallest absolute Gasteiger partial charge is 0.251 e. The molecule has 1 saturated carbocycles. The lowest BCUT2D eigenvalue weighted by Gasteiger charge is -2.46. The summed E-state index contributed by atoms with van der Waals surface area (Å²) < 4.78 is 38.6. The van der Waals surface area contributed by atoms with Gasteiger partial charge in [-0.25, -0.2) is 8.42 Å². The van der Waals surface area contributed by atoms with E-state index in [0.29, 0.717) is 41.0 Å². The number of carbonyl (C=O) groups excluding carboxylic acids is 1. The number of sulfone groups is 1. The summed E-state index contributed by atoms with van der Waals surface area (Å²) >= 11 is 0. The number of rotatable bonds is 15. The molecule has 2 aliphatic rings. The van der Waals surface area contributed by atoms with Crippen LogP contribution in [0.1, 0.15) is 74.8 Å². The highest BCUT2D eigenvalue weighted by Crippen LogP contribution is 2.32. The fourth-order valence-corrected chi connectivity index (χ4v) is 9.92. The Labute approximate surface area is 356 Å². The summed E-state index contributed by atoms with van der Waals surface area (Å²) in [6.45, 7) is 8.08. The molecule has 61 heavy (non-hydrogen) atoms. The van der Waals surface area contributed by atoms with Gasteiger partial charge in [-0.2, -0.15) is 0 Å². The zero-order valence-electron chi connectivity index (χ0n) is 34.8. The second kappa shape index (κ2) is 19.5. The van der Waals surface area contributed by atoms with E-state index >= 15 is 0 Å². The van der Waals surface area contributed by atoms with Crippen LogP contribution >= 0.6 is 0 Å². The van der Waals surface area contributed by atoms with Crippen molar-refractivity contribution in [2.75, 3.05) is 38.6 Å². The van der Waals surface area contributed by atoms with Crippen molar-refractivity contribution in [1.82, 2.24) is 20.1 Å². The second-order valence-corrected chi connectivity index (χ2v) is 17.9. The highest BCUT2D eigenvalue weighted by Gasteiger charge is 2.32. The Hall–Kier alpha value is -5.51. The standard InChI is InChI=1S/C47H55N5O8S/c1-31-30-51(23-24-52(31)36-8-5-4-6-9-36)32(2)33-13-16-38(17-14-33)61(57,58)39-11-7-10-37(27-39)60-25-22-46(56)49-35-15-12-34(44(26-35)59-3)28-48-29-43(54)40-18-20-42(53)47-41(40)19-21-45(55)50-47/h7,10-22,25-27,31-32,36,43,48,53-54H,4-6,8-9,23-24,28-30H2,1-3H3,(H,49,56)(H,50,55)/t31-,32+,43+/m1/s1. The van der Waals surface area contributed by atoms with Crippen LogP contribution in [0, 0.1) is 0 Å². The molecule has 2 heterocycles. The van der Waals surface area contributed by atoms with Gasteiger partial charge in [0.15, 0.2) is 0 Å². The number of amides is 1. The van der Waals surface area contributed by atoms with Gasteiger partial charge in [0.05, 0.1) is 34.8 Å². The van der Waals surface area contributed by atoms with Crippen molar-refractivity contribution in [1.29, 1.82) is 0 Å². The lowest BCUT2D eigenvalue weighted by molar-refractivity contribution is -0.112. The number of nitrogens with zero attached hydrogens (tertiary/aromatic N) is 2. The van der Waals surface area contributed by atoms with Gasteiger partial charge in [-0.3, -0.25) is 19.4 Å². The Kier molecular flexibility index (Phi) is 13.9. The van der Waals surface area contributed by atoms with Crippen LogP contribution in [0.5, 0.6) is 17.2 Å². The van der Waals surface area contributed by atoms with E-state index in [4.69, 9.17) is 9.47 Å². The molecule has 1 saturated heterocycles. The molecule has 1 aliphatic heterocycles. The number of hydrogen-bond acceptors (Lipinski definition) is 11. The molecule has 14 heteroatoms. The fraction of sp³-hybridized carbons (Fsp3) is 0.362. The maximum atomic E-state index is 13.7. The second-order valence-electron chi connectivity index (χ2n) is 16.0. The Morgan fingerprint density at radius 1 is 0.967 bits per heavy atom. The zero-order valence-corrected chi connectivity index (χ0v) is 35.7. The first-order valence-electron chi connectivity index (χ1n) is 20.9. The molecule has 5 aromatic rings. The minimum absolute atomic E-state index is 0.0823. The first-order chi connectivity index (χ1) is 29.4. The van der Waals surface area contributed by atoms with E-state index in [1.807, 2.05) is 12.1 Å². The molecule has 13 nitrogen and oxygen atoms in total. The number of fused-ring (bicyclic) bond motifs is 1. The topological polar surface area (TPSA) is 174 Å². The number of piperazine rings is 1. The van der Waals surface area contributed by atoms with Crippen molar-refractivity contribution in [3.05, 3.63) is 130 Å². The van der Waals surface area contributed by atoms with Gasteiger partial charge >= 0.3 is 0 Å². The molecule has 4 aromatic carbocycles. The van der Waals surface area contributed by atoms with Crippen LogP contribution in [0.4, 0.5) is 5.69 Å². The summed E-state index contributed by atoms with van der Waals surface area (Å²) in [6.07, 6.45) is 8.09. The lowest BCUT2D eigenvalue weighted by atomic mass is 9.92. The molecule has 0 bridgehead atoms. The first kappa shape index (κ1) is 43.6. The van der Waals surface area contributed by atoms with Crippen molar-refractivity contribution >= 4 is 32.3 Å². The molecule has 3 atom stereocenters. The number of hydrogen-bond donors (Lipinski definition) is 5. The maximum Gasteiger partial charge on any atom is 0.251 e. The molecule has 1 amide bonds. The molecule has 7 rings (SSSR count). The van der Waals surface area contributed by atoms with Gasteiger partial charge in [-0.05, 0) is 86.3 Å². The van der Waals surface area contributed by atoms with Gasteiger partial charge < -0.3 is 35.3 Å². The normalized spacial score (nSPS) is 17.9. The summed E-state index contributed by atoms with van der Waals surface area (Å²) in [4.78, 5) is 32.6. The van der Waals surface area contributed by atoms with Gasteiger partial charge in [0.2, 0.25) is 15.4 Å². The minimum Gasteiger partial charge on any atom is -0.506 e. The van der Waals surface area contributed by atoms with E-state index in [-0.39, 0.29) is 45.0 Å². The third-order valence-corrected chi connectivity index (χ3v) is 13.8. The summed E-state index contributed by atoms with van der Waals surface area (Å²) in [7, 11) is -2.32. The van der Waals surface area contributed by atoms with Crippen molar-refractivity contribution < 1.29 is 32.9 Å². The quantitative estimate of drug-likeness (QED) is 0.0552. The van der Waals surface area contributed by atoms with Crippen LogP contribution in [0.3, 0.4) is 0 Å². The van der Waals surface area contributed by atoms with Gasteiger partial charge in [-0.1, -0.05) is 49.6 Å². The van der Waals surface area contributed by atoms with Crippen molar-refractivity contribution in [3.63, 3.8) is 0 Å². The van der Waals surface area contributed by atoms with Gasteiger partial charge in [-0.15, -0.1) is 0 Å². The SMILES string of the molecule is COc1cc(NC(=O)C=COc2cccc(S(=O)(=O)c3ccc([C@H](C)N4CCN(C5CCCCC5)[C@H](C)C4)cc3)c2)ccc1CNC[C@H](O)c1ccc(O)c2[nH]c(=O)ccc12. The van der Waals surface area contributed by atoms with E-state index in [0.717, 1.165) is 30.8 Å². The number of nitrogens with one attached hydrogen (secondary N) is 3. The summed E-state index contributed by atoms with van der Waals surface area (Å²) in [5, 5.41) is 27.6. The van der Waals surface area contributed by atoms with Crippen LogP contribution in [0.25, 0.3) is 10.9 Å². The molecule has 0 radical (unpaired) electrons. The van der Waals surface area contributed by atoms with E-state index in [1.165, 1.54) is 75.8 Å². The maximum absolute atomic E-state index is 13.7. The summed E-state index contributed by atoms with van der Waals surface area (Å²) in [5.74, 6) is 0.207. The number of aromatic nitrogens is 1. The minimum atomic E-state index is -3.83. The van der Waals surface area contributed by atoms with Crippen molar-refractivity contribution in [2.45, 2.75) is 86.5 Å². The lowest BCUT2D eigenvalue weighted by Crippen LogP contribution is -2.56. The Bertz CT molecular complexity index is 2520. The summed E-state index contributed by atoms with van der Waals surface area (Å²) in [5.41, 5.74) is 2.78. The van der Waals surface area contributed by atoms with Gasteiger partial charge in [0.25, 0.3) is 5.91 Å². The Morgan fingerprint density at radius 3 is 2.51 bits per heavy atom. The van der Waals surface area contributed by atoms with Gasteiger partial charge in [0, 0.05) is 85.7 Å². The molecule has 322 valence electrons. The number of aromatic amines is 1. The molecule has 1 aliphatic carbocycles. The summed E-state index contributed by atoms with van der Waals surface area (Å²) in [6, 6.07) is 25.8. The van der Waals surface area contributed by atoms with Crippen molar-refractivity contribution in [2.24, 2.45) is 0 Å².